The quantitative estimate of drug-likeness (QED) is 0.841. The average Bonchev–Trinajstić information content (AvgIpc) is 2.73. The fraction of sp³-hybridized carbons (Fsp3) is 0.333. The van der Waals surface area contributed by atoms with Gasteiger partial charge in [-0.25, -0.2) is 0 Å². The predicted octanol–water partition coefficient (Wildman–Crippen LogP) is 3.10. The van der Waals surface area contributed by atoms with Crippen LogP contribution >= 0.6 is 27.3 Å². The van der Waals surface area contributed by atoms with E-state index in [0.717, 1.165) is 21.0 Å². The van der Waals surface area contributed by atoms with Crippen LogP contribution in [0.25, 0.3) is 10.7 Å². The number of halogens is 1. The van der Waals surface area contributed by atoms with Crippen LogP contribution in [0.3, 0.4) is 0 Å². The Kier molecular flexibility index (Phi) is 2.69. The molecule has 2 heterocycles. The second-order valence-electron chi connectivity index (χ2n) is 3.01. The number of hydrogen-bond donors (Lipinski definition) is 0. The highest BCUT2D eigenvalue weighted by Gasteiger charge is 2.10. The van der Waals surface area contributed by atoms with E-state index in [9.17, 15) is 0 Å². The van der Waals surface area contributed by atoms with E-state index < -0.39 is 0 Å². The molecular formula is C9H10BrN3S. The Morgan fingerprint density at radius 3 is 2.93 bits per heavy atom. The van der Waals surface area contributed by atoms with Crippen LogP contribution in [-0.2, 0) is 6.54 Å². The summed E-state index contributed by atoms with van der Waals surface area (Å²) in [5, 5.41) is 8.03. The Hall–Kier alpha value is -0.680. The first-order valence-corrected chi connectivity index (χ1v) is 5.97. The maximum atomic E-state index is 4.11. The van der Waals surface area contributed by atoms with Gasteiger partial charge in [-0.3, -0.25) is 0 Å². The van der Waals surface area contributed by atoms with Crippen LogP contribution in [0.2, 0.25) is 0 Å². The predicted molar refractivity (Wildman–Crippen MR) is 61.4 cm³/mol. The van der Waals surface area contributed by atoms with E-state index in [4.69, 9.17) is 0 Å². The lowest BCUT2D eigenvalue weighted by Gasteiger charge is -1.98. The van der Waals surface area contributed by atoms with Gasteiger partial charge in [0.15, 0.2) is 5.82 Å². The summed E-state index contributed by atoms with van der Waals surface area (Å²) in [6, 6.07) is 2.13. The zero-order valence-corrected chi connectivity index (χ0v) is 10.4. The van der Waals surface area contributed by atoms with Gasteiger partial charge < -0.3 is 4.57 Å². The van der Waals surface area contributed by atoms with E-state index >= 15 is 0 Å². The second kappa shape index (κ2) is 3.82. The molecule has 0 unspecified atom stereocenters. The van der Waals surface area contributed by atoms with Crippen molar-refractivity contribution in [2.24, 2.45) is 0 Å². The van der Waals surface area contributed by atoms with Crippen LogP contribution in [0.4, 0.5) is 0 Å². The van der Waals surface area contributed by atoms with Crippen molar-refractivity contribution in [3.05, 3.63) is 21.7 Å². The van der Waals surface area contributed by atoms with E-state index in [1.165, 1.54) is 5.56 Å². The molecule has 0 aliphatic carbocycles. The fourth-order valence-electron chi connectivity index (χ4n) is 1.25. The number of nitrogens with zero attached hydrogens (tertiary/aromatic N) is 3. The van der Waals surface area contributed by atoms with Crippen molar-refractivity contribution in [1.82, 2.24) is 14.8 Å². The van der Waals surface area contributed by atoms with E-state index in [2.05, 4.69) is 46.0 Å². The maximum absolute atomic E-state index is 4.11. The third-order valence-electron chi connectivity index (χ3n) is 2.03. The molecule has 0 spiro atoms. The van der Waals surface area contributed by atoms with E-state index in [0.29, 0.717) is 0 Å². The van der Waals surface area contributed by atoms with Crippen LogP contribution in [0.15, 0.2) is 16.2 Å². The molecule has 2 aromatic heterocycles. The molecule has 0 aromatic carbocycles. The third-order valence-corrected chi connectivity index (χ3v) is 4.17. The molecular weight excluding hydrogens is 262 g/mol. The Balaban J connectivity index is 2.49. The summed E-state index contributed by atoms with van der Waals surface area (Å²) in [6.07, 6.45) is 1.76. The summed E-state index contributed by atoms with van der Waals surface area (Å²) >= 11 is 5.20. The van der Waals surface area contributed by atoms with Crippen molar-refractivity contribution in [2.45, 2.75) is 20.4 Å². The minimum Gasteiger partial charge on any atom is -0.313 e. The first-order chi connectivity index (χ1) is 6.72. The van der Waals surface area contributed by atoms with Crippen molar-refractivity contribution in [3.8, 4) is 10.7 Å². The van der Waals surface area contributed by atoms with Crippen molar-refractivity contribution >= 4 is 27.3 Å². The van der Waals surface area contributed by atoms with Gasteiger partial charge in [-0.15, -0.1) is 21.5 Å². The summed E-state index contributed by atoms with van der Waals surface area (Å²) in [7, 11) is 0. The lowest BCUT2D eigenvalue weighted by Crippen LogP contribution is -1.94. The Morgan fingerprint density at radius 1 is 1.57 bits per heavy atom. The largest absolute Gasteiger partial charge is 0.313 e. The monoisotopic (exact) mass is 271 g/mol. The van der Waals surface area contributed by atoms with Gasteiger partial charge in [-0.2, -0.15) is 0 Å². The molecule has 14 heavy (non-hydrogen) atoms. The van der Waals surface area contributed by atoms with Crippen molar-refractivity contribution < 1.29 is 0 Å². The van der Waals surface area contributed by atoms with Gasteiger partial charge in [0.1, 0.15) is 6.33 Å². The van der Waals surface area contributed by atoms with Gasteiger partial charge in [-0.1, -0.05) is 0 Å². The Morgan fingerprint density at radius 2 is 2.36 bits per heavy atom. The molecule has 0 saturated heterocycles. The molecule has 2 rings (SSSR count). The molecule has 0 aliphatic heterocycles. The molecule has 2 aromatic rings. The topological polar surface area (TPSA) is 30.7 Å². The number of hydrogen-bond acceptors (Lipinski definition) is 3. The zero-order chi connectivity index (χ0) is 10.1. The first-order valence-electron chi connectivity index (χ1n) is 4.36. The number of aromatic nitrogens is 3. The molecule has 0 aliphatic rings. The number of rotatable bonds is 2. The highest BCUT2D eigenvalue weighted by atomic mass is 79.9. The van der Waals surface area contributed by atoms with Crippen LogP contribution in [-0.4, -0.2) is 14.8 Å². The molecule has 5 heteroatoms. The minimum absolute atomic E-state index is 0.900. The Bertz CT molecular complexity index is 427. The summed E-state index contributed by atoms with van der Waals surface area (Å²) in [4.78, 5) is 1.16. The first kappa shape index (κ1) is 9.86. The van der Waals surface area contributed by atoms with E-state index in [1.807, 2.05) is 4.57 Å². The Labute approximate surface area is 94.9 Å². The van der Waals surface area contributed by atoms with Crippen LogP contribution in [0, 0.1) is 6.92 Å². The highest BCUT2D eigenvalue weighted by Crippen LogP contribution is 2.33. The second-order valence-corrected chi connectivity index (χ2v) is 5.38. The van der Waals surface area contributed by atoms with Gasteiger partial charge in [0, 0.05) is 6.54 Å². The van der Waals surface area contributed by atoms with E-state index in [1.54, 1.807) is 17.7 Å². The van der Waals surface area contributed by atoms with Gasteiger partial charge in [0.25, 0.3) is 0 Å². The summed E-state index contributed by atoms with van der Waals surface area (Å²) in [6.45, 7) is 5.07. The minimum atomic E-state index is 0.900. The molecule has 3 nitrogen and oxygen atoms in total. The summed E-state index contributed by atoms with van der Waals surface area (Å²) in [5.74, 6) is 0.950. The van der Waals surface area contributed by atoms with Crippen LogP contribution < -0.4 is 0 Å². The molecule has 0 saturated carbocycles. The summed E-state index contributed by atoms with van der Waals surface area (Å²) in [5.41, 5.74) is 1.25. The molecule has 0 fully saturated rings. The molecule has 0 N–H and O–H groups in total. The molecule has 0 radical (unpaired) electrons. The average molecular weight is 272 g/mol. The van der Waals surface area contributed by atoms with Crippen molar-refractivity contribution in [1.29, 1.82) is 0 Å². The molecule has 74 valence electrons. The highest BCUT2D eigenvalue weighted by molar-refractivity contribution is 9.11. The molecule has 0 bridgehead atoms. The van der Waals surface area contributed by atoms with E-state index in [-0.39, 0.29) is 0 Å². The summed E-state index contributed by atoms with van der Waals surface area (Å²) < 4.78 is 3.20. The van der Waals surface area contributed by atoms with Crippen LogP contribution in [0.1, 0.15) is 12.5 Å². The third kappa shape index (κ3) is 1.62. The van der Waals surface area contributed by atoms with Gasteiger partial charge in [0.05, 0.1) is 8.66 Å². The fourth-order valence-corrected chi connectivity index (χ4v) is 2.78. The van der Waals surface area contributed by atoms with Gasteiger partial charge in [-0.05, 0) is 41.4 Å². The van der Waals surface area contributed by atoms with Crippen LogP contribution in [0.5, 0.6) is 0 Å². The van der Waals surface area contributed by atoms with Crippen molar-refractivity contribution in [3.63, 3.8) is 0 Å². The normalized spacial score (nSPS) is 10.8. The lowest BCUT2D eigenvalue weighted by atomic mass is 10.3. The maximum Gasteiger partial charge on any atom is 0.173 e. The zero-order valence-electron chi connectivity index (χ0n) is 7.99. The number of thiophene rings is 1. The van der Waals surface area contributed by atoms with Gasteiger partial charge >= 0.3 is 0 Å². The SMILES string of the molecule is CCn1cnnc1-c1cc(C)c(Br)s1. The smallest absolute Gasteiger partial charge is 0.173 e. The lowest BCUT2D eigenvalue weighted by molar-refractivity contribution is 0.768. The molecule has 0 atom stereocenters. The standard InChI is InChI=1S/C9H10BrN3S/c1-3-13-5-11-12-9(13)7-4-6(2)8(10)14-7/h4-5H,3H2,1-2H3. The number of aryl methyl sites for hydroxylation is 2. The van der Waals surface area contributed by atoms with Crippen molar-refractivity contribution in [2.75, 3.05) is 0 Å². The molecule has 0 amide bonds. The van der Waals surface area contributed by atoms with Gasteiger partial charge in [0.2, 0.25) is 0 Å².